The van der Waals surface area contributed by atoms with Crippen LogP contribution in [-0.2, 0) is 4.74 Å². The Morgan fingerprint density at radius 2 is 1.85 bits per heavy atom. The van der Waals surface area contributed by atoms with E-state index in [0.717, 1.165) is 24.2 Å². The van der Waals surface area contributed by atoms with Gasteiger partial charge in [0.2, 0.25) is 0 Å². The Morgan fingerprint density at radius 1 is 1.11 bits per heavy atom. The van der Waals surface area contributed by atoms with Gasteiger partial charge in [-0.1, -0.05) is 65.2 Å². The lowest BCUT2D eigenvalue weighted by Crippen LogP contribution is -2.43. The number of fused-ring (bicyclic) bond motifs is 1. The van der Waals surface area contributed by atoms with Crippen LogP contribution in [-0.4, -0.2) is 12.1 Å². The van der Waals surface area contributed by atoms with Gasteiger partial charge in [0.25, 0.3) is 0 Å². The maximum Gasteiger partial charge on any atom is 0.338 e. The van der Waals surface area contributed by atoms with Gasteiger partial charge in [-0.05, 0) is 67.4 Å². The maximum absolute atomic E-state index is 12.6. The minimum Gasteiger partial charge on any atom is -0.458 e. The molecule has 0 radical (unpaired) electrons. The maximum atomic E-state index is 12.6. The molecular weight excluding hydrogens is 332 g/mol. The average molecular weight is 371 g/mol. The van der Waals surface area contributed by atoms with E-state index < -0.39 is 0 Å². The van der Waals surface area contributed by atoms with Crippen LogP contribution in [0.4, 0.5) is 0 Å². The first-order valence-electron chi connectivity index (χ1n) is 11.2. The molecule has 5 atom stereocenters. The lowest BCUT2D eigenvalue weighted by Gasteiger charge is -2.46. The molecule has 0 amide bonds. The molecule has 0 unspecified atom stereocenters. The second-order valence-corrected chi connectivity index (χ2v) is 9.80. The molecule has 2 aliphatic carbocycles. The van der Waals surface area contributed by atoms with E-state index in [9.17, 15) is 4.79 Å². The summed E-state index contributed by atoms with van der Waals surface area (Å²) in [6.45, 7) is 9.61. The third-order valence-electron chi connectivity index (χ3n) is 7.53. The Bertz CT molecular complexity index is 608. The highest BCUT2D eigenvalue weighted by atomic mass is 16.5. The predicted molar refractivity (Wildman–Crippen MR) is 112 cm³/mol. The fourth-order valence-corrected chi connectivity index (χ4v) is 6.06. The van der Waals surface area contributed by atoms with Gasteiger partial charge in [0.05, 0.1) is 5.56 Å². The van der Waals surface area contributed by atoms with Crippen molar-refractivity contribution >= 4 is 5.97 Å². The molecule has 150 valence electrons. The van der Waals surface area contributed by atoms with Gasteiger partial charge in [-0.3, -0.25) is 0 Å². The Hall–Kier alpha value is -1.31. The molecule has 2 heteroatoms. The molecule has 27 heavy (non-hydrogen) atoms. The molecule has 1 aromatic rings. The monoisotopic (exact) mass is 370 g/mol. The molecule has 2 fully saturated rings. The van der Waals surface area contributed by atoms with E-state index in [1.54, 1.807) is 0 Å². The van der Waals surface area contributed by atoms with E-state index in [1.165, 1.54) is 44.9 Å². The van der Waals surface area contributed by atoms with Gasteiger partial charge in [-0.15, -0.1) is 0 Å². The molecule has 0 heterocycles. The third-order valence-corrected chi connectivity index (χ3v) is 7.53. The molecule has 0 aromatic heterocycles. The summed E-state index contributed by atoms with van der Waals surface area (Å²) in [5, 5.41) is 0. The first-order valence-corrected chi connectivity index (χ1v) is 11.2. The number of hydrogen-bond acceptors (Lipinski definition) is 2. The smallest absolute Gasteiger partial charge is 0.338 e. The quantitative estimate of drug-likeness (QED) is 0.488. The normalized spacial score (nSPS) is 31.5. The van der Waals surface area contributed by atoms with Crippen LogP contribution in [0.2, 0.25) is 0 Å². The lowest BCUT2D eigenvalue weighted by atomic mass is 9.61. The van der Waals surface area contributed by atoms with E-state index in [4.69, 9.17) is 4.74 Å². The van der Waals surface area contributed by atoms with Crippen LogP contribution >= 0.6 is 0 Å². The molecule has 0 N–H and O–H groups in total. The van der Waals surface area contributed by atoms with Crippen LogP contribution in [0.25, 0.3) is 0 Å². The first-order chi connectivity index (χ1) is 12.9. The molecule has 3 rings (SSSR count). The molecule has 0 spiro atoms. The van der Waals surface area contributed by atoms with E-state index in [-0.39, 0.29) is 12.1 Å². The fraction of sp³-hybridized carbons (Fsp3) is 0.720. The summed E-state index contributed by atoms with van der Waals surface area (Å²) < 4.78 is 6.06. The van der Waals surface area contributed by atoms with E-state index >= 15 is 0 Å². The van der Waals surface area contributed by atoms with Crippen LogP contribution in [0.3, 0.4) is 0 Å². The highest BCUT2D eigenvalue weighted by Crippen LogP contribution is 2.58. The van der Waals surface area contributed by atoms with Crippen LogP contribution in [0.15, 0.2) is 30.3 Å². The minimum atomic E-state index is -0.140. The molecule has 1 aromatic carbocycles. The zero-order valence-electron chi connectivity index (χ0n) is 17.7. The van der Waals surface area contributed by atoms with Crippen LogP contribution in [0, 0.1) is 29.1 Å². The predicted octanol–water partition coefficient (Wildman–Crippen LogP) is 6.89. The minimum absolute atomic E-state index is 0.101. The van der Waals surface area contributed by atoms with Crippen molar-refractivity contribution in [2.24, 2.45) is 29.1 Å². The highest BCUT2D eigenvalue weighted by Gasteiger charge is 2.53. The van der Waals surface area contributed by atoms with Gasteiger partial charge in [0, 0.05) is 5.92 Å². The Morgan fingerprint density at radius 3 is 2.56 bits per heavy atom. The number of rotatable bonds is 7. The van der Waals surface area contributed by atoms with Crippen molar-refractivity contribution in [3.8, 4) is 0 Å². The van der Waals surface area contributed by atoms with Gasteiger partial charge >= 0.3 is 5.97 Å². The number of carbonyl (C=O) groups excluding carboxylic acids is 1. The van der Waals surface area contributed by atoms with E-state index in [1.807, 2.05) is 30.3 Å². The molecule has 0 saturated heterocycles. The SMILES string of the molecule is CC(C)CCC[C@H](C)[C@H]1CC[C@H]2[C@@H](OC(=O)c3ccccc3)CCC[C@]12C. The standard InChI is InChI=1S/C25H38O2/c1-18(2)10-8-11-19(3)21-15-16-22-23(14-9-17-25(21,22)4)27-24(26)20-12-6-5-7-13-20/h5-7,12-13,18-19,21-23H,8-11,14-17H2,1-4H3/t19-,21+,22-,23-,25+/m0/s1. The summed E-state index contributed by atoms with van der Waals surface area (Å²) in [6, 6.07) is 9.48. The fourth-order valence-electron chi connectivity index (χ4n) is 6.06. The van der Waals surface area contributed by atoms with Crippen molar-refractivity contribution in [1.29, 1.82) is 0 Å². The summed E-state index contributed by atoms with van der Waals surface area (Å²) in [7, 11) is 0. The molecule has 0 bridgehead atoms. The van der Waals surface area contributed by atoms with Gasteiger partial charge < -0.3 is 4.74 Å². The molecule has 2 saturated carbocycles. The highest BCUT2D eigenvalue weighted by molar-refractivity contribution is 5.89. The summed E-state index contributed by atoms with van der Waals surface area (Å²) in [4.78, 5) is 12.6. The number of benzene rings is 1. The van der Waals surface area contributed by atoms with Crippen LogP contribution in [0.1, 0.15) is 89.4 Å². The summed E-state index contributed by atoms with van der Waals surface area (Å²) in [5.41, 5.74) is 1.03. The molecule has 2 aliphatic rings. The van der Waals surface area contributed by atoms with Gasteiger partial charge in [-0.2, -0.15) is 0 Å². The van der Waals surface area contributed by atoms with E-state index in [0.29, 0.717) is 16.9 Å². The van der Waals surface area contributed by atoms with Gasteiger partial charge in [0.1, 0.15) is 6.10 Å². The largest absolute Gasteiger partial charge is 0.458 e. The topological polar surface area (TPSA) is 26.3 Å². The molecular formula is C25H38O2. The van der Waals surface area contributed by atoms with Gasteiger partial charge in [-0.25, -0.2) is 4.79 Å². The average Bonchev–Trinajstić information content (AvgIpc) is 3.00. The van der Waals surface area contributed by atoms with Crippen molar-refractivity contribution in [3.05, 3.63) is 35.9 Å². The zero-order chi connectivity index (χ0) is 19.4. The third kappa shape index (κ3) is 4.58. The van der Waals surface area contributed by atoms with Crippen molar-refractivity contribution in [2.45, 2.75) is 85.2 Å². The second kappa shape index (κ2) is 8.80. The van der Waals surface area contributed by atoms with Gasteiger partial charge in [0.15, 0.2) is 0 Å². The molecule has 2 nitrogen and oxygen atoms in total. The summed E-state index contributed by atoms with van der Waals surface area (Å²) in [6.07, 6.45) is 10.2. The first kappa shape index (κ1) is 20.4. The zero-order valence-corrected chi connectivity index (χ0v) is 17.7. The number of esters is 1. The van der Waals surface area contributed by atoms with Crippen LogP contribution < -0.4 is 0 Å². The van der Waals surface area contributed by atoms with Crippen molar-refractivity contribution < 1.29 is 9.53 Å². The van der Waals surface area contributed by atoms with Crippen LogP contribution in [0.5, 0.6) is 0 Å². The van der Waals surface area contributed by atoms with Crippen molar-refractivity contribution in [1.82, 2.24) is 0 Å². The van der Waals surface area contributed by atoms with Crippen molar-refractivity contribution in [3.63, 3.8) is 0 Å². The number of hydrogen-bond donors (Lipinski definition) is 0. The summed E-state index contributed by atoms with van der Waals surface area (Å²) in [5.74, 6) is 2.77. The van der Waals surface area contributed by atoms with Crippen molar-refractivity contribution in [2.75, 3.05) is 0 Å². The lowest BCUT2D eigenvalue weighted by molar-refractivity contribution is -0.0473. The second-order valence-electron chi connectivity index (χ2n) is 9.80. The number of carbonyl (C=O) groups is 1. The molecule has 0 aliphatic heterocycles. The van der Waals surface area contributed by atoms with E-state index in [2.05, 4.69) is 27.7 Å². The Balaban J connectivity index is 1.64. The number of ether oxygens (including phenoxy) is 1. The Labute approximate surface area is 166 Å². The summed E-state index contributed by atoms with van der Waals surface area (Å²) >= 11 is 0. The Kier molecular flexibility index (Phi) is 6.65.